The molecule has 1 unspecified atom stereocenters. The van der Waals surface area contributed by atoms with E-state index in [2.05, 4.69) is 20.9 Å². The van der Waals surface area contributed by atoms with Crippen LogP contribution in [-0.4, -0.2) is 49.1 Å². The van der Waals surface area contributed by atoms with Crippen molar-refractivity contribution in [2.45, 2.75) is 52.0 Å². The van der Waals surface area contributed by atoms with Gasteiger partial charge in [-0.15, -0.1) is 0 Å². The molecule has 3 atom stereocenters. The Morgan fingerprint density at radius 3 is 2.41 bits per heavy atom. The van der Waals surface area contributed by atoms with Crippen LogP contribution in [0.4, 0.5) is 4.79 Å². The maximum Gasteiger partial charge on any atom is 0.408 e. The fourth-order valence-corrected chi connectivity index (χ4v) is 2.95. The Bertz CT molecular complexity index is 854. The van der Waals surface area contributed by atoms with E-state index in [1.54, 1.807) is 0 Å². The number of benzene rings is 1. The van der Waals surface area contributed by atoms with Crippen molar-refractivity contribution in [1.82, 2.24) is 16.1 Å². The van der Waals surface area contributed by atoms with Crippen LogP contribution in [-0.2, 0) is 35.3 Å². The first-order valence-electron chi connectivity index (χ1n) is 10.2. The van der Waals surface area contributed by atoms with Crippen molar-refractivity contribution in [3.63, 3.8) is 0 Å². The summed E-state index contributed by atoms with van der Waals surface area (Å²) in [4.78, 5) is 53.3. The van der Waals surface area contributed by atoms with Gasteiger partial charge >= 0.3 is 12.1 Å². The Morgan fingerprint density at radius 1 is 1.12 bits per heavy atom. The second-order valence-corrected chi connectivity index (χ2v) is 7.64. The van der Waals surface area contributed by atoms with Crippen molar-refractivity contribution in [2.24, 2.45) is 5.92 Å². The summed E-state index contributed by atoms with van der Waals surface area (Å²) in [5, 5.41) is 5.24. The molecule has 2 rings (SSSR count). The summed E-state index contributed by atoms with van der Waals surface area (Å²) in [6.07, 6.45) is -0.435. The predicted octanol–water partition coefficient (Wildman–Crippen LogP) is 1.36. The lowest BCUT2D eigenvalue weighted by Crippen LogP contribution is -2.46. The molecule has 0 bridgehead atoms. The molecule has 3 N–H and O–H groups in total. The third-order valence-corrected chi connectivity index (χ3v) is 4.79. The molecule has 0 radical (unpaired) electrons. The molecule has 0 saturated carbocycles. The minimum atomic E-state index is -1.05. The molecule has 10 heteroatoms. The summed E-state index contributed by atoms with van der Waals surface area (Å²) >= 11 is 0. The standard InChI is InChI=1S/C22H29N3O7/c1-13(2)20(24-22(29)31-12-15-8-6-5-7-9-15)17-10-18(32-25-17)21(28)23-16(14(3)26)11-19(27)30-4/h5-10,13,16,18,20,25H,11-12H2,1-4H3,(H,23,28)(H,24,29)/t16-,18?,20-/m0/s1. The van der Waals surface area contributed by atoms with E-state index in [9.17, 15) is 19.2 Å². The summed E-state index contributed by atoms with van der Waals surface area (Å²) in [7, 11) is 1.20. The van der Waals surface area contributed by atoms with E-state index in [-0.39, 0.29) is 24.7 Å². The van der Waals surface area contributed by atoms with Gasteiger partial charge in [-0.3, -0.25) is 24.7 Å². The summed E-state index contributed by atoms with van der Waals surface area (Å²) in [6, 6.07) is 7.74. The Morgan fingerprint density at radius 2 is 1.81 bits per heavy atom. The van der Waals surface area contributed by atoms with Crippen molar-refractivity contribution in [3.8, 4) is 0 Å². The molecule has 1 aromatic rings. The molecule has 0 fully saturated rings. The van der Waals surface area contributed by atoms with Crippen LogP contribution in [0.2, 0.25) is 0 Å². The van der Waals surface area contributed by atoms with Gasteiger partial charge in [-0.05, 0) is 24.5 Å². The minimum Gasteiger partial charge on any atom is -0.469 e. The van der Waals surface area contributed by atoms with E-state index in [1.807, 2.05) is 44.2 Å². The molecule has 1 aromatic carbocycles. The van der Waals surface area contributed by atoms with Crippen molar-refractivity contribution in [1.29, 1.82) is 0 Å². The Balaban J connectivity index is 1.97. The highest BCUT2D eigenvalue weighted by atomic mass is 16.7. The number of carbonyl (C=O) groups is 4. The number of alkyl carbamates (subject to hydrolysis) is 1. The van der Waals surface area contributed by atoms with Crippen LogP contribution in [0.25, 0.3) is 0 Å². The molecule has 1 aliphatic heterocycles. The van der Waals surface area contributed by atoms with Crippen molar-refractivity contribution >= 4 is 23.8 Å². The number of rotatable bonds is 10. The number of hydrogen-bond donors (Lipinski definition) is 3. The fraction of sp³-hybridized carbons (Fsp3) is 0.455. The zero-order valence-corrected chi connectivity index (χ0v) is 18.5. The minimum absolute atomic E-state index is 0.0484. The van der Waals surface area contributed by atoms with E-state index in [4.69, 9.17) is 9.57 Å². The first-order chi connectivity index (χ1) is 15.2. The quantitative estimate of drug-likeness (QED) is 0.458. The van der Waals surface area contributed by atoms with Gasteiger partial charge in [0.2, 0.25) is 0 Å². The van der Waals surface area contributed by atoms with Gasteiger partial charge in [0.25, 0.3) is 5.91 Å². The Kier molecular flexibility index (Phi) is 9.21. The third-order valence-electron chi connectivity index (χ3n) is 4.79. The Labute approximate surface area is 186 Å². The highest BCUT2D eigenvalue weighted by Gasteiger charge is 2.32. The van der Waals surface area contributed by atoms with Crippen LogP contribution in [0.5, 0.6) is 0 Å². The highest BCUT2D eigenvalue weighted by Crippen LogP contribution is 2.17. The lowest BCUT2D eigenvalue weighted by atomic mass is 10.0. The molecule has 1 aliphatic rings. The second kappa shape index (κ2) is 11.8. The van der Waals surface area contributed by atoms with E-state index >= 15 is 0 Å². The predicted molar refractivity (Wildman–Crippen MR) is 114 cm³/mol. The van der Waals surface area contributed by atoms with E-state index < -0.39 is 36.2 Å². The molecule has 174 valence electrons. The van der Waals surface area contributed by atoms with E-state index in [0.29, 0.717) is 5.70 Å². The topological polar surface area (TPSA) is 132 Å². The normalized spacial score (nSPS) is 16.9. The molecule has 0 aromatic heterocycles. The number of ketones is 1. The molecule has 2 amide bonds. The van der Waals surface area contributed by atoms with Gasteiger partial charge in [0.15, 0.2) is 11.9 Å². The molecule has 0 aliphatic carbocycles. The lowest BCUT2D eigenvalue weighted by Gasteiger charge is -2.23. The number of carbonyl (C=O) groups excluding carboxylic acids is 4. The molecular formula is C22H29N3O7. The molecular weight excluding hydrogens is 418 g/mol. The molecule has 1 heterocycles. The molecule has 10 nitrogen and oxygen atoms in total. The number of amides is 2. The van der Waals surface area contributed by atoms with Crippen LogP contribution >= 0.6 is 0 Å². The number of ether oxygens (including phenoxy) is 2. The Hall–Kier alpha value is -3.40. The van der Waals surface area contributed by atoms with Gasteiger partial charge in [0.1, 0.15) is 6.61 Å². The van der Waals surface area contributed by atoms with Gasteiger partial charge in [-0.25, -0.2) is 4.79 Å². The SMILES string of the molecule is COC(=O)C[C@H](NC(=O)C1C=C([C@@H](NC(=O)OCc2ccccc2)C(C)C)NO1)C(C)=O. The number of hydrogen-bond acceptors (Lipinski definition) is 8. The van der Waals surface area contributed by atoms with Crippen LogP contribution in [0.15, 0.2) is 42.1 Å². The smallest absolute Gasteiger partial charge is 0.408 e. The van der Waals surface area contributed by atoms with Gasteiger partial charge in [0.05, 0.1) is 31.3 Å². The largest absolute Gasteiger partial charge is 0.469 e. The third kappa shape index (κ3) is 7.38. The summed E-state index contributed by atoms with van der Waals surface area (Å²) in [5.74, 6) is -1.66. The average Bonchev–Trinajstić information content (AvgIpc) is 3.25. The van der Waals surface area contributed by atoms with E-state index in [1.165, 1.54) is 20.1 Å². The van der Waals surface area contributed by atoms with Crippen LogP contribution < -0.4 is 16.1 Å². The van der Waals surface area contributed by atoms with Gasteiger partial charge in [-0.2, -0.15) is 0 Å². The number of hydroxylamine groups is 1. The van der Waals surface area contributed by atoms with Crippen molar-refractivity contribution < 1.29 is 33.5 Å². The van der Waals surface area contributed by atoms with Gasteiger partial charge < -0.3 is 20.1 Å². The van der Waals surface area contributed by atoms with Crippen LogP contribution in [0, 0.1) is 5.92 Å². The zero-order valence-electron chi connectivity index (χ0n) is 18.5. The zero-order chi connectivity index (χ0) is 23.7. The number of nitrogens with one attached hydrogen (secondary N) is 3. The summed E-state index contributed by atoms with van der Waals surface area (Å²) in [5.41, 5.74) is 3.99. The maximum absolute atomic E-state index is 12.5. The van der Waals surface area contributed by atoms with E-state index in [0.717, 1.165) is 5.56 Å². The van der Waals surface area contributed by atoms with Crippen LogP contribution in [0.3, 0.4) is 0 Å². The van der Waals surface area contributed by atoms with Crippen molar-refractivity contribution in [2.75, 3.05) is 7.11 Å². The fourth-order valence-electron chi connectivity index (χ4n) is 2.95. The first-order valence-corrected chi connectivity index (χ1v) is 10.2. The second-order valence-electron chi connectivity index (χ2n) is 7.64. The lowest BCUT2D eigenvalue weighted by molar-refractivity contribution is -0.143. The number of methoxy groups -OCH3 is 1. The van der Waals surface area contributed by atoms with Crippen LogP contribution in [0.1, 0.15) is 32.8 Å². The van der Waals surface area contributed by atoms with Gasteiger partial charge in [-0.1, -0.05) is 44.2 Å². The maximum atomic E-state index is 12.5. The number of Topliss-reactive ketones (excluding diaryl/α,β-unsaturated/α-hetero) is 1. The summed E-state index contributed by atoms with van der Waals surface area (Å²) < 4.78 is 9.81. The summed E-state index contributed by atoms with van der Waals surface area (Å²) in [6.45, 7) is 5.17. The van der Waals surface area contributed by atoms with Gasteiger partial charge in [0, 0.05) is 0 Å². The first kappa shape index (κ1) is 24.9. The average molecular weight is 447 g/mol. The van der Waals surface area contributed by atoms with Crippen molar-refractivity contribution in [3.05, 3.63) is 47.7 Å². The molecule has 0 saturated heterocycles. The molecule has 0 spiro atoms. The molecule has 32 heavy (non-hydrogen) atoms. The monoisotopic (exact) mass is 447 g/mol. The highest BCUT2D eigenvalue weighted by molar-refractivity contribution is 5.92. The number of esters is 1.